The van der Waals surface area contributed by atoms with Gasteiger partial charge in [0.05, 0.1) is 5.92 Å². The molecule has 10 heteroatoms. The fourth-order valence-electron chi connectivity index (χ4n) is 3.09. The van der Waals surface area contributed by atoms with Gasteiger partial charge in [-0.1, -0.05) is 36.9 Å². The standard InChI is InChI=1S/C21H27N5O3S2/c1-5-13(4)30-21-25-24-20(31-21)23-18(28)14-6-8-16(9-7-14)22-19(29)15-10-17(27)26(11-15)12(2)3/h6-9,12-13,15H,5,10-11H2,1-4H3,(H,22,29)(H,23,24,28). The number of nitrogens with zero attached hydrogens (tertiary/aromatic N) is 3. The SMILES string of the molecule is CCC(C)Sc1nnc(NC(=O)c2ccc(NC(=O)C3CC(=O)N(C(C)C)C3)cc2)s1. The van der Waals surface area contributed by atoms with E-state index in [1.165, 1.54) is 11.3 Å². The highest BCUT2D eigenvalue weighted by molar-refractivity contribution is 8.01. The zero-order chi connectivity index (χ0) is 22.5. The molecule has 1 fully saturated rings. The van der Waals surface area contributed by atoms with Gasteiger partial charge in [0.2, 0.25) is 16.9 Å². The predicted molar refractivity (Wildman–Crippen MR) is 123 cm³/mol. The molecule has 2 atom stereocenters. The molecule has 0 spiro atoms. The molecule has 166 valence electrons. The van der Waals surface area contributed by atoms with Crippen molar-refractivity contribution in [2.24, 2.45) is 5.92 Å². The fourth-order valence-corrected chi connectivity index (χ4v) is 5.08. The van der Waals surface area contributed by atoms with Crippen molar-refractivity contribution in [1.82, 2.24) is 15.1 Å². The van der Waals surface area contributed by atoms with Crippen molar-refractivity contribution in [2.45, 2.75) is 56.2 Å². The van der Waals surface area contributed by atoms with E-state index in [2.05, 4.69) is 34.7 Å². The Hall–Kier alpha value is -2.46. The Morgan fingerprint density at radius 3 is 2.52 bits per heavy atom. The second-order valence-electron chi connectivity index (χ2n) is 7.77. The van der Waals surface area contributed by atoms with E-state index in [0.29, 0.717) is 28.2 Å². The molecular formula is C21H27N5O3S2. The monoisotopic (exact) mass is 461 g/mol. The van der Waals surface area contributed by atoms with E-state index in [-0.39, 0.29) is 36.1 Å². The van der Waals surface area contributed by atoms with E-state index < -0.39 is 0 Å². The predicted octanol–water partition coefficient (Wildman–Crippen LogP) is 3.88. The highest BCUT2D eigenvalue weighted by Gasteiger charge is 2.35. The molecule has 2 aromatic rings. The number of hydrogen-bond acceptors (Lipinski definition) is 7. The van der Waals surface area contributed by atoms with Gasteiger partial charge in [-0.15, -0.1) is 10.2 Å². The number of anilines is 2. The van der Waals surface area contributed by atoms with Gasteiger partial charge in [-0.05, 0) is 44.5 Å². The van der Waals surface area contributed by atoms with Crippen LogP contribution in [0.3, 0.4) is 0 Å². The second kappa shape index (κ2) is 10.2. The van der Waals surface area contributed by atoms with Gasteiger partial charge < -0.3 is 10.2 Å². The minimum absolute atomic E-state index is 0.00422. The van der Waals surface area contributed by atoms with E-state index in [1.807, 2.05) is 13.8 Å². The lowest BCUT2D eigenvalue weighted by molar-refractivity contribution is -0.129. The summed E-state index contributed by atoms with van der Waals surface area (Å²) in [5.74, 6) is -0.834. The topological polar surface area (TPSA) is 104 Å². The molecule has 1 aromatic heterocycles. The summed E-state index contributed by atoms with van der Waals surface area (Å²) in [7, 11) is 0. The lowest BCUT2D eigenvalue weighted by atomic mass is 10.1. The summed E-state index contributed by atoms with van der Waals surface area (Å²) in [5.41, 5.74) is 1.03. The van der Waals surface area contributed by atoms with E-state index in [1.54, 1.807) is 40.9 Å². The van der Waals surface area contributed by atoms with Gasteiger partial charge in [0.25, 0.3) is 5.91 Å². The first-order chi connectivity index (χ1) is 14.8. The average molecular weight is 462 g/mol. The fraction of sp³-hybridized carbons (Fsp3) is 0.476. The number of carbonyl (C=O) groups excluding carboxylic acids is 3. The Morgan fingerprint density at radius 2 is 1.90 bits per heavy atom. The Labute approximate surface area is 190 Å². The maximum absolute atomic E-state index is 12.5. The molecule has 1 aromatic carbocycles. The molecule has 0 bridgehead atoms. The normalized spacial score (nSPS) is 17.1. The van der Waals surface area contributed by atoms with Gasteiger partial charge >= 0.3 is 0 Å². The van der Waals surface area contributed by atoms with Crippen molar-refractivity contribution in [2.75, 3.05) is 17.2 Å². The molecule has 2 unspecified atom stereocenters. The minimum Gasteiger partial charge on any atom is -0.339 e. The molecule has 1 saturated heterocycles. The molecular weight excluding hydrogens is 434 g/mol. The molecule has 3 rings (SSSR count). The summed E-state index contributed by atoms with van der Waals surface area (Å²) in [5, 5.41) is 14.6. The van der Waals surface area contributed by atoms with Crippen LogP contribution in [0.15, 0.2) is 28.6 Å². The Balaban J connectivity index is 1.54. The molecule has 0 saturated carbocycles. The molecule has 1 aliphatic rings. The van der Waals surface area contributed by atoms with Crippen molar-refractivity contribution in [1.29, 1.82) is 0 Å². The van der Waals surface area contributed by atoms with Crippen molar-refractivity contribution < 1.29 is 14.4 Å². The highest BCUT2D eigenvalue weighted by atomic mass is 32.2. The van der Waals surface area contributed by atoms with E-state index in [0.717, 1.165) is 10.8 Å². The van der Waals surface area contributed by atoms with Gasteiger partial charge in [-0.25, -0.2) is 0 Å². The summed E-state index contributed by atoms with van der Waals surface area (Å²) in [6.45, 7) is 8.54. The van der Waals surface area contributed by atoms with Crippen LogP contribution in [-0.2, 0) is 9.59 Å². The molecule has 2 N–H and O–H groups in total. The number of carbonyl (C=O) groups is 3. The third-order valence-electron chi connectivity index (χ3n) is 5.07. The summed E-state index contributed by atoms with van der Waals surface area (Å²) in [4.78, 5) is 38.7. The van der Waals surface area contributed by atoms with Crippen LogP contribution in [-0.4, -0.2) is 50.7 Å². The van der Waals surface area contributed by atoms with Crippen LogP contribution in [0.25, 0.3) is 0 Å². The number of amides is 3. The molecule has 0 radical (unpaired) electrons. The van der Waals surface area contributed by atoms with Gasteiger partial charge in [-0.3, -0.25) is 19.7 Å². The maximum Gasteiger partial charge on any atom is 0.257 e. The third-order valence-corrected chi connectivity index (χ3v) is 7.26. The highest BCUT2D eigenvalue weighted by Crippen LogP contribution is 2.30. The number of benzene rings is 1. The molecule has 1 aliphatic heterocycles. The van der Waals surface area contributed by atoms with Crippen LogP contribution in [0.4, 0.5) is 10.8 Å². The summed E-state index contributed by atoms with van der Waals surface area (Å²) in [6.07, 6.45) is 1.26. The molecule has 31 heavy (non-hydrogen) atoms. The van der Waals surface area contributed by atoms with E-state index >= 15 is 0 Å². The number of hydrogen-bond donors (Lipinski definition) is 2. The van der Waals surface area contributed by atoms with Crippen molar-refractivity contribution in [3.8, 4) is 0 Å². The summed E-state index contributed by atoms with van der Waals surface area (Å²) >= 11 is 2.98. The summed E-state index contributed by atoms with van der Waals surface area (Å²) in [6, 6.07) is 6.71. The minimum atomic E-state index is -0.363. The molecule has 0 aliphatic carbocycles. The number of likely N-dealkylation sites (tertiary alicyclic amines) is 1. The lowest BCUT2D eigenvalue weighted by Crippen LogP contribution is -2.33. The van der Waals surface area contributed by atoms with Gasteiger partial charge in [0.1, 0.15) is 0 Å². The van der Waals surface area contributed by atoms with E-state index in [4.69, 9.17) is 0 Å². The van der Waals surface area contributed by atoms with Crippen molar-refractivity contribution in [3.05, 3.63) is 29.8 Å². The van der Waals surface area contributed by atoms with Gasteiger partial charge in [0.15, 0.2) is 4.34 Å². The number of thioether (sulfide) groups is 1. The first-order valence-electron chi connectivity index (χ1n) is 10.3. The molecule has 8 nitrogen and oxygen atoms in total. The van der Waals surface area contributed by atoms with Crippen LogP contribution >= 0.6 is 23.1 Å². The van der Waals surface area contributed by atoms with Gasteiger partial charge in [-0.2, -0.15) is 0 Å². The van der Waals surface area contributed by atoms with E-state index in [9.17, 15) is 14.4 Å². The summed E-state index contributed by atoms with van der Waals surface area (Å²) < 4.78 is 0.823. The number of rotatable bonds is 8. The Bertz CT molecular complexity index is 945. The van der Waals surface area contributed by atoms with Crippen molar-refractivity contribution in [3.63, 3.8) is 0 Å². The second-order valence-corrected chi connectivity index (χ2v) is 10.4. The smallest absolute Gasteiger partial charge is 0.257 e. The Morgan fingerprint density at radius 1 is 1.19 bits per heavy atom. The molecule has 2 heterocycles. The number of nitrogens with one attached hydrogen (secondary N) is 2. The van der Waals surface area contributed by atoms with Crippen LogP contribution < -0.4 is 10.6 Å². The lowest BCUT2D eigenvalue weighted by Gasteiger charge is -2.20. The van der Waals surface area contributed by atoms with Crippen LogP contribution in [0.2, 0.25) is 0 Å². The largest absolute Gasteiger partial charge is 0.339 e. The first-order valence-corrected chi connectivity index (χ1v) is 12.0. The third kappa shape index (κ3) is 6.04. The zero-order valence-electron chi connectivity index (χ0n) is 18.0. The number of aromatic nitrogens is 2. The quantitative estimate of drug-likeness (QED) is 0.457. The van der Waals surface area contributed by atoms with Crippen LogP contribution in [0, 0.1) is 5.92 Å². The molecule has 3 amide bonds. The maximum atomic E-state index is 12.5. The first kappa shape index (κ1) is 23.2. The Kier molecular flexibility index (Phi) is 7.66. The van der Waals surface area contributed by atoms with Gasteiger partial charge in [0, 0.05) is 35.5 Å². The van der Waals surface area contributed by atoms with Crippen LogP contribution in [0.5, 0.6) is 0 Å². The average Bonchev–Trinajstić information content (AvgIpc) is 3.34. The van der Waals surface area contributed by atoms with Crippen molar-refractivity contribution >= 4 is 51.6 Å². The van der Waals surface area contributed by atoms with Crippen LogP contribution in [0.1, 0.15) is 50.9 Å². The zero-order valence-corrected chi connectivity index (χ0v) is 19.7.